The Bertz CT molecular complexity index is 1060. The van der Waals surface area contributed by atoms with Crippen molar-refractivity contribution in [1.29, 1.82) is 5.26 Å². The molecule has 0 aliphatic heterocycles. The molecule has 5 heteroatoms. The first-order valence-electron chi connectivity index (χ1n) is 9.24. The molecule has 0 N–H and O–H groups in total. The van der Waals surface area contributed by atoms with Gasteiger partial charge in [0.25, 0.3) is 0 Å². The summed E-state index contributed by atoms with van der Waals surface area (Å²) in [6.07, 6.45) is 4.33. The summed E-state index contributed by atoms with van der Waals surface area (Å²) in [6.45, 7) is 2.39. The van der Waals surface area contributed by atoms with Crippen LogP contribution in [0.3, 0.4) is 0 Å². The Morgan fingerprint density at radius 3 is 2.59 bits per heavy atom. The number of methoxy groups -OCH3 is 1. The maximum atomic E-state index is 12.4. The minimum absolute atomic E-state index is 0.000834. The Morgan fingerprint density at radius 2 is 1.93 bits per heavy atom. The van der Waals surface area contributed by atoms with Crippen LogP contribution in [0, 0.1) is 11.3 Å². The Morgan fingerprint density at radius 1 is 1.14 bits per heavy atom. The van der Waals surface area contributed by atoms with Crippen LogP contribution in [0.2, 0.25) is 0 Å². The van der Waals surface area contributed by atoms with Crippen LogP contribution in [0.5, 0.6) is 11.5 Å². The number of carbonyl (C=O) groups is 1. The summed E-state index contributed by atoms with van der Waals surface area (Å²) in [6, 6.07) is 18.6. The van der Waals surface area contributed by atoms with Crippen LogP contribution in [0.25, 0.3) is 6.08 Å². The molecular weight excluding hydrogens is 382 g/mol. The quantitative estimate of drug-likeness (QED) is 0.359. The fourth-order valence-electron chi connectivity index (χ4n) is 2.76. The second kappa shape index (κ2) is 9.72. The van der Waals surface area contributed by atoms with Gasteiger partial charge in [0.2, 0.25) is 0 Å². The monoisotopic (exact) mass is 403 g/mol. The largest absolute Gasteiger partial charge is 0.496 e. The van der Waals surface area contributed by atoms with Gasteiger partial charge in [0.15, 0.2) is 5.78 Å². The summed E-state index contributed by atoms with van der Waals surface area (Å²) < 4.78 is 11.2. The zero-order valence-electron chi connectivity index (χ0n) is 16.3. The SMILES string of the molecule is CCc1ccc(C(=O)/C=C/c2ccc(OC)c(COc3ccc(C#N)cc3)c2)s1. The summed E-state index contributed by atoms with van der Waals surface area (Å²) >= 11 is 1.53. The first kappa shape index (κ1) is 20.4. The molecule has 0 bridgehead atoms. The molecule has 3 rings (SSSR count). The third-order valence-electron chi connectivity index (χ3n) is 4.36. The molecule has 0 amide bonds. The van der Waals surface area contributed by atoms with Gasteiger partial charge in [-0.3, -0.25) is 4.79 Å². The van der Waals surface area contributed by atoms with E-state index in [0.717, 1.165) is 22.4 Å². The van der Waals surface area contributed by atoms with E-state index in [0.29, 0.717) is 23.7 Å². The highest BCUT2D eigenvalue weighted by atomic mass is 32.1. The molecule has 0 aliphatic rings. The smallest absolute Gasteiger partial charge is 0.195 e. The summed E-state index contributed by atoms with van der Waals surface area (Å²) in [4.78, 5) is 14.3. The van der Waals surface area contributed by atoms with Crippen molar-refractivity contribution in [2.24, 2.45) is 0 Å². The molecule has 29 heavy (non-hydrogen) atoms. The number of allylic oxidation sites excluding steroid dienone is 1. The van der Waals surface area contributed by atoms with E-state index in [4.69, 9.17) is 14.7 Å². The van der Waals surface area contributed by atoms with Crippen LogP contribution in [0.15, 0.2) is 60.7 Å². The second-order valence-electron chi connectivity index (χ2n) is 6.31. The number of aryl methyl sites for hydroxylation is 1. The van der Waals surface area contributed by atoms with Crippen molar-refractivity contribution in [1.82, 2.24) is 0 Å². The lowest BCUT2D eigenvalue weighted by molar-refractivity contribution is 0.105. The van der Waals surface area contributed by atoms with Gasteiger partial charge in [-0.05, 0) is 66.6 Å². The number of hydrogen-bond acceptors (Lipinski definition) is 5. The van der Waals surface area contributed by atoms with Crippen LogP contribution in [0.4, 0.5) is 0 Å². The number of ether oxygens (including phenoxy) is 2. The summed E-state index contributed by atoms with van der Waals surface area (Å²) in [5.41, 5.74) is 2.35. The average Bonchev–Trinajstić information content (AvgIpc) is 3.26. The van der Waals surface area contributed by atoms with E-state index in [1.807, 2.05) is 30.3 Å². The van der Waals surface area contributed by atoms with Crippen molar-refractivity contribution in [2.75, 3.05) is 7.11 Å². The molecule has 0 saturated carbocycles. The molecule has 0 unspecified atom stereocenters. The van der Waals surface area contributed by atoms with E-state index in [1.165, 1.54) is 16.2 Å². The van der Waals surface area contributed by atoms with E-state index in [9.17, 15) is 4.79 Å². The lowest BCUT2D eigenvalue weighted by Gasteiger charge is -2.11. The van der Waals surface area contributed by atoms with Crippen molar-refractivity contribution in [3.8, 4) is 17.6 Å². The molecule has 2 aromatic carbocycles. The van der Waals surface area contributed by atoms with Crippen molar-refractivity contribution >= 4 is 23.2 Å². The number of nitrogens with zero attached hydrogens (tertiary/aromatic N) is 1. The van der Waals surface area contributed by atoms with Crippen molar-refractivity contribution in [3.63, 3.8) is 0 Å². The van der Waals surface area contributed by atoms with Crippen molar-refractivity contribution in [2.45, 2.75) is 20.0 Å². The van der Waals surface area contributed by atoms with Gasteiger partial charge < -0.3 is 9.47 Å². The highest BCUT2D eigenvalue weighted by molar-refractivity contribution is 7.14. The lowest BCUT2D eigenvalue weighted by Crippen LogP contribution is -1.99. The topological polar surface area (TPSA) is 59.3 Å². The highest BCUT2D eigenvalue weighted by Crippen LogP contribution is 2.24. The van der Waals surface area contributed by atoms with E-state index in [1.54, 1.807) is 43.5 Å². The van der Waals surface area contributed by atoms with Crippen LogP contribution < -0.4 is 9.47 Å². The zero-order chi connectivity index (χ0) is 20.6. The van der Waals surface area contributed by atoms with Gasteiger partial charge in [-0.25, -0.2) is 0 Å². The summed E-state index contributed by atoms with van der Waals surface area (Å²) in [7, 11) is 1.61. The van der Waals surface area contributed by atoms with Crippen LogP contribution in [-0.4, -0.2) is 12.9 Å². The molecule has 0 aliphatic carbocycles. The maximum absolute atomic E-state index is 12.4. The average molecular weight is 404 g/mol. The molecule has 0 fully saturated rings. The summed E-state index contributed by atoms with van der Waals surface area (Å²) in [5.74, 6) is 1.39. The third kappa shape index (κ3) is 5.34. The number of rotatable bonds is 8. The number of carbonyl (C=O) groups excluding carboxylic acids is 1. The normalized spacial score (nSPS) is 10.7. The van der Waals surface area contributed by atoms with Gasteiger partial charge >= 0.3 is 0 Å². The second-order valence-corrected chi connectivity index (χ2v) is 7.48. The van der Waals surface area contributed by atoms with E-state index in [-0.39, 0.29) is 5.78 Å². The number of hydrogen-bond donors (Lipinski definition) is 0. The number of nitriles is 1. The highest BCUT2D eigenvalue weighted by Gasteiger charge is 2.08. The lowest BCUT2D eigenvalue weighted by atomic mass is 10.1. The minimum atomic E-state index is 0.000834. The van der Waals surface area contributed by atoms with Gasteiger partial charge in [-0.2, -0.15) is 5.26 Å². The zero-order valence-corrected chi connectivity index (χ0v) is 17.2. The Balaban J connectivity index is 1.71. The molecule has 0 saturated heterocycles. The molecule has 0 atom stereocenters. The van der Waals surface area contributed by atoms with Gasteiger partial charge in [0, 0.05) is 10.4 Å². The van der Waals surface area contributed by atoms with Crippen LogP contribution >= 0.6 is 11.3 Å². The van der Waals surface area contributed by atoms with Gasteiger partial charge in [-0.1, -0.05) is 19.1 Å². The Kier molecular flexibility index (Phi) is 6.83. The van der Waals surface area contributed by atoms with Crippen LogP contribution in [-0.2, 0) is 13.0 Å². The number of benzene rings is 2. The minimum Gasteiger partial charge on any atom is -0.496 e. The molecule has 3 aromatic rings. The van der Waals surface area contributed by atoms with E-state index >= 15 is 0 Å². The van der Waals surface area contributed by atoms with Gasteiger partial charge in [0.05, 0.1) is 23.6 Å². The third-order valence-corrected chi connectivity index (χ3v) is 5.61. The van der Waals surface area contributed by atoms with Gasteiger partial charge in [-0.15, -0.1) is 11.3 Å². The van der Waals surface area contributed by atoms with Crippen molar-refractivity contribution < 1.29 is 14.3 Å². The fourth-order valence-corrected chi connectivity index (χ4v) is 3.62. The van der Waals surface area contributed by atoms with Gasteiger partial charge in [0.1, 0.15) is 18.1 Å². The molecule has 1 heterocycles. The Hall–Kier alpha value is -3.36. The molecule has 4 nitrogen and oxygen atoms in total. The molecule has 146 valence electrons. The standard InChI is InChI=1S/C24H21NO3S/c1-3-21-10-13-24(29-21)22(26)11-6-17-7-12-23(27-2)19(14-17)16-28-20-8-4-18(15-25)5-9-20/h4-14H,3,16H2,1-2H3/b11-6+. The van der Waals surface area contributed by atoms with E-state index in [2.05, 4.69) is 13.0 Å². The number of thiophene rings is 1. The molecule has 0 spiro atoms. The number of ketones is 1. The predicted octanol–water partition coefficient (Wildman–Crippen LogP) is 5.67. The molecule has 1 aromatic heterocycles. The first-order valence-corrected chi connectivity index (χ1v) is 10.1. The summed E-state index contributed by atoms with van der Waals surface area (Å²) in [5, 5.41) is 8.87. The molecule has 0 radical (unpaired) electrons. The predicted molar refractivity (Wildman–Crippen MR) is 116 cm³/mol. The van der Waals surface area contributed by atoms with Crippen LogP contribution in [0.1, 0.15) is 38.2 Å². The van der Waals surface area contributed by atoms with E-state index < -0.39 is 0 Å². The van der Waals surface area contributed by atoms with Crippen molar-refractivity contribution in [3.05, 3.63) is 87.1 Å². The maximum Gasteiger partial charge on any atom is 0.195 e. The molecular formula is C24H21NO3S. The first-order chi connectivity index (χ1) is 14.1. The Labute approximate surface area is 174 Å². The fraction of sp³-hybridized carbons (Fsp3) is 0.167.